The Morgan fingerprint density at radius 1 is 0.641 bits per heavy atom. The SMILES string of the molecule is CC1=Cc2c(-c3cccc4ccccc34)cccc2[CH]1[Ti]([CH3])([CH3])(=[SiH2])[CH]1C(C)=Cc2c(C(C)C)cccc21.Cl.Cl. The fraction of sp³-hybridized carbons (Fsp3) is 0.257. The Morgan fingerprint density at radius 2 is 1.15 bits per heavy atom. The second-order valence-corrected chi connectivity index (χ2v) is 33.1. The summed E-state index contributed by atoms with van der Waals surface area (Å²) in [7, 11) is 2.42. The number of rotatable bonds is 4. The molecule has 0 aliphatic heterocycles. The van der Waals surface area contributed by atoms with Gasteiger partial charge in [-0.15, -0.1) is 24.8 Å². The van der Waals surface area contributed by atoms with Crippen LogP contribution in [0.5, 0.6) is 0 Å². The van der Waals surface area contributed by atoms with E-state index in [9.17, 15) is 0 Å². The number of fused-ring (bicyclic) bond motifs is 3. The predicted molar refractivity (Wildman–Crippen MR) is 177 cm³/mol. The molecule has 2 aliphatic carbocycles. The molecule has 0 N–H and O–H groups in total. The fourth-order valence-electron chi connectivity index (χ4n) is 8.01. The van der Waals surface area contributed by atoms with Gasteiger partial charge in [-0.05, 0) is 0 Å². The van der Waals surface area contributed by atoms with Gasteiger partial charge in [0.05, 0.1) is 0 Å². The van der Waals surface area contributed by atoms with E-state index in [2.05, 4.69) is 137 Å². The summed E-state index contributed by atoms with van der Waals surface area (Å²) in [5.41, 5.74) is 13.5. The third-order valence-corrected chi connectivity index (χ3v) is 20.9. The maximum absolute atomic E-state index is 3.21. The van der Waals surface area contributed by atoms with Gasteiger partial charge in [-0.3, -0.25) is 0 Å². The number of halogens is 2. The van der Waals surface area contributed by atoms with Gasteiger partial charge in [0.2, 0.25) is 0 Å². The van der Waals surface area contributed by atoms with Crippen molar-refractivity contribution >= 4 is 55.4 Å². The van der Waals surface area contributed by atoms with Crippen LogP contribution in [0.25, 0.3) is 34.1 Å². The van der Waals surface area contributed by atoms with Gasteiger partial charge < -0.3 is 0 Å². The molecular formula is C35H40Cl2SiTi. The molecule has 0 amide bonds. The van der Waals surface area contributed by atoms with Crippen molar-refractivity contribution in [2.45, 2.75) is 52.5 Å². The van der Waals surface area contributed by atoms with E-state index in [1.807, 2.05) is 0 Å². The zero-order valence-electron chi connectivity index (χ0n) is 23.9. The summed E-state index contributed by atoms with van der Waals surface area (Å²) in [6, 6.07) is 29.7. The molecule has 0 heterocycles. The standard InChI is InChI=1S/C20H15.C13H15.2CH3.2ClH.H2Si.Ti/c1-14-12-16-8-5-11-19(20(16)13-14)18-10-4-7-15-6-2-3-9-17(15)18;1-9(2)12-6-4-5-11-7-10(3)8-13(11)12;;;;;;/h2-13H,1H3;4-9H,1-3H3;2*1H3;2*1H;1H2;. The average molecular weight is 608 g/mol. The number of hydrogen-bond acceptors (Lipinski definition) is 0. The van der Waals surface area contributed by atoms with Crippen molar-refractivity contribution in [3.63, 3.8) is 0 Å². The Balaban J connectivity index is 0.00000176. The molecule has 202 valence electrons. The van der Waals surface area contributed by atoms with Crippen molar-refractivity contribution in [3.05, 3.63) is 118 Å². The van der Waals surface area contributed by atoms with E-state index >= 15 is 0 Å². The zero-order valence-corrected chi connectivity index (χ0v) is 28.5. The summed E-state index contributed by atoms with van der Waals surface area (Å²) >= 11 is -3.21. The van der Waals surface area contributed by atoms with Crippen LogP contribution in [0.4, 0.5) is 0 Å². The first kappa shape index (κ1) is 30.1. The molecule has 0 nitrogen and oxygen atoms in total. The second kappa shape index (κ2) is 10.5. The first-order valence-electron chi connectivity index (χ1n) is 13.7. The van der Waals surface area contributed by atoms with Crippen molar-refractivity contribution in [1.82, 2.24) is 0 Å². The van der Waals surface area contributed by atoms with Crippen molar-refractivity contribution in [2.24, 2.45) is 0 Å². The second-order valence-electron chi connectivity index (χ2n) is 12.9. The van der Waals surface area contributed by atoms with Crippen LogP contribution in [0.15, 0.2) is 90.0 Å². The van der Waals surface area contributed by atoms with Gasteiger partial charge in [0.1, 0.15) is 0 Å². The van der Waals surface area contributed by atoms with Crippen molar-refractivity contribution < 1.29 is 14.0 Å². The van der Waals surface area contributed by atoms with E-state index in [0.29, 0.717) is 14.4 Å². The predicted octanol–water partition coefficient (Wildman–Crippen LogP) is 10.4. The summed E-state index contributed by atoms with van der Waals surface area (Å²) in [5, 5.41) is 8.09. The van der Waals surface area contributed by atoms with Crippen LogP contribution in [0.1, 0.15) is 69.9 Å². The van der Waals surface area contributed by atoms with Crippen LogP contribution in [-0.2, 0) is 14.0 Å². The largest absolute Gasteiger partial charge is 0.147 e. The molecule has 4 aromatic carbocycles. The van der Waals surface area contributed by atoms with E-state index in [1.165, 1.54) is 38.6 Å². The van der Waals surface area contributed by atoms with Gasteiger partial charge in [-0.2, -0.15) is 0 Å². The molecule has 39 heavy (non-hydrogen) atoms. The molecule has 0 bridgehead atoms. The molecule has 2 atom stereocenters. The molecule has 4 aromatic rings. The molecule has 0 saturated carbocycles. The van der Waals surface area contributed by atoms with Gasteiger partial charge in [0.15, 0.2) is 0 Å². The Morgan fingerprint density at radius 3 is 1.82 bits per heavy atom. The number of allylic oxidation sites excluding steroid dienone is 2. The molecule has 2 aliphatic rings. The van der Waals surface area contributed by atoms with Gasteiger partial charge in [0.25, 0.3) is 0 Å². The van der Waals surface area contributed by atoms with Crippen LogP contribution in [0, 0.1) is 0 Å². The van der Waals surface area contributed by atoms with Gasteiger partial charge in [0, 0.05) is 0 Å². The van der Waals surface area contributed by atoms with E-state index in [0.717, 1.165) is 0 Å². The maximum atomic E-state index is 2.72. The first-order chi connectivity index (χ1) is 17.6. The van der Waals surface area contributed by atoms with Crippen molar-refractivity contribution in [3.8, 4) is 11.1 Å². The Labute approximate surface area is 249 Å². The van der Waals surface area contributed by atoms with Crippen LogP contribution in [0.2, 0.25) is 10.5 Å². The molecule has 6 rings (SSSR count). The molecule has 4 heteroatoms. The van der Waals surface area contributed by atoms with Crippen LogP contribution in [0.3, 0.4) is 0 Å². The van der Waals surface area contributed by atoms with Crippen molar-refractivity contribution in [1.29, 1.82) is 0 Å². The molecular weight excluding hydrogens is 567 g/mol. The minimum absolute atomic E-state index is 0. The first-order valence-corrected chi connectivity index (χ1v) is 22.7. The minimum Gasteiger partial charge on any atom is -0.147 e. The average Bonchev–Trinajstić information content (AvgIpc) is 3.39. The van der Waals surface area contributed by atoms with Crippen LogP contribution in [-0.4, -0.2) is 7.63 Å². The Bertz CT molecular complexity index is 1710. The molecule has 2 unspecified atom stereocenters. The normalized spacial score (nSPS) is 18.2. The van der Waals surface area contributed by atoms with Gasteiger partial charge >= 0.3 is 226 Å². The topological polar surface area (TPSA) is 0 Å². The van der Waals surface area contributed by atoms with E-state index < -0.39 is 14.0 Å². The van der Waals surface area contributed by atoms with Crippen LogP contribution < -0.4 is 0 Å². The van der Waals surface area contributed by atoms with Crippen molar-refractivity contribution in [2.75, 3.05) is 0 Å². The van der Waals surface area contributed by atoms with E-state index in [-0.39, 0.29) is 24.8 Å². The minimum atomic E-state index is -3.21. The molecule has 0 spiro atoms. The van der Waals surface area contributed by atoms with Gasteiger partial charge in [-0.1, -0.05) is 0 Å². The molecule has 0 radical (unpaired) electrons. The summed E-state index contributed by atoms with van der Waals surface area (Å²) in [5.74, 6) is 0.543. The summed E-state index contributed by atoms with van der Waals surface area (Å²) in [6.45, 7) is 9.47. The monoisotopic (exact) mass is 606 g/mol. The third kappa shape index (κ3) is 4.65. The molecule has 0 saturated heterocycles. The Kier molecular flexibility index (Phi) is 8.11. The van der Waals surface area contributed by atoms with Crippen LogP contribution >= 0.6 is 24.8 Å². The van der Waals surface area contributed by atoms with Gasteiger partial charge in [-0.25, -0.2) is 0 Å². The quantitative estimate of drug-likeness (QED) is 0.203. The Hall–Kier alpha value is -1.87. The molecule has 0 fully saturated rings. The smallest absolute Gasteiger partial charge is 0.147 e. The fourth-order valence-corrected chi connectivity index (χ4v) is 21.9. The number of hydrogen-bond donors (Lipinski definition) is 0. The molecule has 0 aromatic heterocycles. The summed E-state index contributed by atoms with van der Waals surface area (Å²) < 4.78 is 1.09. The third-order valence-electron chi connectivity index (χ3n) is 9.19. The zero-order chi connectivity index (χ0) is 26.1. The van der Waals surface area contributed by atoms with E-state index in [4.69, 9.17) is 0 Å². The summed E-state index contributed by atoms with van der Waals surface area (Å²) in [6.07, 6.45) is 5.06. The maximum Gasteiger partial charge on any atom is -0.147 e. The number of benzene rings is 4. The summed E-state index contributed by atoms with van der Waals surface area (Å²) in [4.78, 5) is 0. The van der Waals surface area contributed by atoms with E-state index in [1.54, 1.807) is 22.3 Å².